The minimum Gasteiger partial charge on any atom is -0.506 e. The number of carbonyl (C=O) groups excluding carboxylic acids is 1. The van der Waals surface area contributed by atoms with E-state index in [4.69, 9.17) is 0 Å². The van der Waals surface area contributed by atoms with Gasteiger partial charge in [0.2, 0.25) is 11.2 Å². The van der Waals surface area contributed by atoms with Crippen molar-refractivity contribution in [1.82, 2.24) is 10.0 Å². The third-order valence-electron chi connectivity index (χ3n) is 3.23. The molecule has 1 atom stereocenters. The molecule has 8 heteroatoms. The topological polar surface area (TPSA) is 81.7 Å². The summed E-state index contributed by atoms with van der Waals surface area (Å²) in [6, 6.07) is 2.64. The summed E-state index contributed by atoms with van der Waals surface area (Å²) in [6.07, 6.45) is 0. The summed E-state index contributed by atoms with van der Waals surface area (Å²) < 4.78 is 29.3. The summed E-state index contributed by atoms with van der Waals surface area (Å²) in [4.78, 5) is 11.2. The van der Waals surface area contributed by atoms with Crippen molar-refractivity contribution in [3.8, 4) is 17.6 Å². The number of amides is 1. The number of anilines is 1. The maximum absolute atomic E-state index is 14.5. The molecule has 0 spiro atoms. The maximum Gasteiger partial charge on any atom is 0.253 e. The van der Waals surface area contributed by atoms with Gasteiger partial charge >= 0.3 is 0 Å². The first-order chi connectivity index (χ1) is 10.1. The van der Waals surface area contributed by atoms with E-state index in [1.165, 1.54) is 12.1 Å². The van der Waals surface area contributed by atoms with Gasteiger partial charge in [-0.1, -0.05) is 11.8 Å². The van der Waals surface area contributed by atoms with E-state index < -0.39 is 22.9 Å². The SMILES string of the molecule is O=C1CN(c2c(O)ccc(C#CC3CNC3)c2F)S(=O)N1. The Labute approximate surface area is 123 Å². The second kappa shape index (κ2) is 5.35. The molecule has 3 rings (SSSR count). The Bertz CT molecular complexity index is 694. The lowest BCUT2D eigenvalue weighted by Gasteiger charge is -2.21. The monoisotopic (exact) mass is 309 g/mol. The fourth-order valence-electron chi connectivity index (χ4n) is 1.99. The predicted molar refractivity (Wildman–Crippen MR) is 74.9 cm³/mol. The Morgan fingerprint density at radius 2 is 2.19 bits per heavy atom. The molecule has 0 aliphatic carbocycles. The molecule has 21 heavy (non-hydrogen) atoms. The minimum atomic E-state index is -1.90. The third-order valence-corrected chi connectivity index (χ3v) is 4.34. The molecule has 2 heterocycles. The van der Waals surface area contributed by atoms with E-state index in [1.54, 1.807) is 0 Å². The molecule has 1 unspecified atom stereocenters. The Kier molecular flexibility index (Phi) is 3.53. The van der Waals surface area contributed by atoms with Crippen LogP contribution in [0.4, 0.5) is 10.1 Å². The lowest BCUT2D eigenvalue weighted by Crippen LogP contribution is -2.40. The fourth-order valence-corrected chi connectivity index (χ4v) is 2.94. The minimum absolute atomic E-state index is 0.103. The van der Waals surface area contributed by atoms with Crippen LogP contribution < -0.4 is 14.3 Å². The van der Waals surface area contributed by atoms with E-state index in [-0.39, 0.29) is 29.5 Å². The number of phenolic OH excluding ortho intramolecular Hbond substituents is 1. The van der Waals surface area contributed by atoms with Gasteiger partial charge in [0.05, 0.1) is 5.56 Å². The zero-order chi connectivity index (χ0) is 15.0. The zero-order valence-electron chi connectivity index (χ0n) is 10.9. The number of carbonyl (C=O) groups is 1. The second-order valence-corrected chi connectivity index (χ2v) is 5.87. The van der Waals surface area contributed by atoms with Crippen molar-refractivity contribution in [1.29, 1.82) is 0 Å². The molecule has 1 amide bonds. The van der Waals surface area contributed by atoms with Gasteiger partial charge in [-0.25, -0.2) is 8.60 Å². The fraction of sp³-hybridized carbons (Fsp3) is 0.308. The highest BCUT2D eigenvalue weighted by molar-refractivity contribution is 7.85. The maximum atomic E-state index is 14.5. The summed E-state index contributed by atoms with van der Waals surface area (Å²) in [5.74, 6) is 4.18. The lowest BCUT2D eigenvalue weighted by atomic mass is 10.0. The molecule has 0 bridgehead atoms. The van der Waals surface area contributed by atoms with E-state index in [9.17, 15) is 18.5 Å². The van der Waals surface area contributed by atoms with E-state index in [1.807, 2.05) is 0 Å². The van der Waals surface area contributed by atoms with Gasteiger partial charge in [-0.2, -0.15) is 0 Å². The molecule has 1 aromatic carbocycles. The summed E-state index contributed by atoms with van der Waals surface area (Å²) in [5.41, 5.74) is -0.170. The average Bonchev–Trinajstić information content (AvgIpc) is 2.69. The highest BCUT2D eigenvalue weighted by atomic mass is 32.2. The number of phenols is 1. The van der Waals surface area contributed by atoms with Gasteiger partial charge in [0, 0.05) is 19.0 Å². The molecule has 2 aliphatic heterocycles. The van der Waals surface area contributed by atoms with Crippen molar-refractivity contribution < 1.29 is 18.5 Å². The van der Waals surface area contributed by atoms with Gasteiger partial charge in [0.25, 0.3) is 5.91 Å². The largest absolute Gasteiger partial charge is 0.506 e. The number of hydrogen-bond donors (Lipinski definition) is 3. The molecule has 3 N–H and O–H groups in total. The molecule has 2 aliphatic rings. The number of rotatable bonds is 1. The van der Waals surface area contributed by atoms with Crippen LogP contribution in [-0.2, 0) is 16.0 Å². The van der Waals surface area contributed by atoms with Crippen LogP contribution in [0.3, 0.4) is 0 Å². The highest BCUT2D eigenvalue weighted by Gasteiger charge is 2.31. The van der Waals surface area contributed by atoms with Crippen LogP contribution >= 0.6 is 0 Å². The first-order valence-corrected chi connectivity index (χ1v) is 7.39. The number of halogens is 1. The Morgan fingerprint density at radius 1 is 1.43 bits per heavy atom. The first-order valence-electron chi connectivity index (χ1n) is 6.29. The van der Waals surface area contributed by atoms with Crippen molar-refractivity contribution in [3.05, 3.63) is 23.5 Å². The van der Waals surface area contributed by atoms with E-state index in [0.717, 1.165) is 17.4 Å². The Balaban J connectivity index is 1.97. The third kappa shape index (κ3) is 2.57. The van der Waals surface area contributed by atoms with E-state index in [2.05, 4.69) is 21.9 Å². The summed E-state index contributed by atoms with van der Waals surface area (Å²) in [6.45, 7) is 1.27. The molecule has 2 fully saturated rings. The van der Waals surface area contributed by atoms with Crippen LogP contribution in [0.2, 0.25) is 0 Å². The van der Waals surface area contributed by atoms with Gasteiger partial charge in [-0.3, -0.25) is 13.8 Å². The molecule has 0 radical (unpaired) electrons. The lowest BCUT2D eigenvalue weighted by molar-refractivity contribution is -0.117. The van der Waals surface area contributed by atoms with Crippen molar-refractivity contribution >= 4 is 22.8 Å². The van der Waals surface area contributed by atoms with E-state index >= 15 is 0 Å². The van der Waals surface area contributed by atoms with Crippen LogP contribution in [-0.4, -0.2) is 34.9 Å². The number of nitrogens with zero attached hydrogens (tertiary/aromatic N) is 1. The van der Waals surface area contributed by atoms with Crippen LogP contribution in [0.1, 0.15) is 5.56 Å². The predicted octanol–water partition coefficient (Wildman–Crippen LogP) is -0.383. The van der Waals surface area contributed by atoms with Crippen molar-refractivity contribution in [2.24, 2.45) is 5.92 Å². The molecular formula is C13H12FN3O3S. The van der Waals surface area contributed by atoms with Gasteiger partial charge in [0.1, 0.15) is 18.0 Å². The number of benzene rings is 1. The van der Waals surface area contributed by atoms with Gasteiger partial charge in [-0.05, 0) is 12.1 Å². The quantitative estimate of drug-likeness (QED) is 0.618. The van der Waals surface area contributed by atoms with Crippen LogP contribution in [0, 0.1) is 23.6 Å². The summed E-state index contributed by atoms with van der Waals surface area (Å²) in [7, 11) is 0. The van der Waals surface area contributed by atoms with Gasteiger partial charge in [-0.15, -0.1) is 0 Å². The molecular weight excluding hydrogens is 297 g/mol. The molecule has 0 saturated carbocycles. The molecule has 110 valence electrons. The summed E-state index contributed by atoms with van der Waals surface area (Å²) in [5, 5.41) is 12.9. The van der Waals surface area contributed by atoms with Gasteiger partial charge in [0.15, 0.2) is 5.82 Å². The number of aromatic hydroxyl groups is 1. The van der Waals surface area contributed by atoms with Gasteiger partial charge < -0.3 is 10.4 Å². The van der Waals surface area contributed by atoms with Crippen LogP contribution in [0.5, 0.6) is 5.75 Å². The normalized spacial score (nSPS) is 21.5. The van der Waals surface area contributed by atoms with E-state index in [0.29, 0.717) is 0 Å². The van der Waals surface area contributed by atoms with Crippen LogP contribution in [0.15, 0.2) is 12.1 Å². The van der Waals surface area contributed by atoms with Crippen molar-refractivity contribution in [2.75, 3.05) is 23.9 Å². The smallest absolute Gasteiger partial charge is 0.253 e. The van der Waals surface area contributed by atoms with Crippen molar-refractivity contribution in [3.63, 3.8) is 0 Å². The Hall–Kier alpha value is -2.11. The highest BCUT2D eigenvalue weighted by Crippen LogP contribution is 2.33. The molecule has 2 saturated heterocycles. The Morgan fingerprint density at radius 3 is 2.76 bits per heavy atom. The second-order valence-electron chi connectivity index (χ2n) is 4.73. The number of hydrogen-bond acceptors (Lipinski definition) is 4. The van der Waals surface area contributed by atoms with Crippen molar-refractivity contribution in [2.45, 2.75) is 0 Å². The molecule has 6 nitrogen and oxygen atoms in total. The zero-order valence-corrected chi connectivity index (χ0v) is 11.7. The average molecular weight is 309 g/mol. The summed E-state index contributed by atoms with van der Waals surface area (Å²) >= 11 is -1.90. The van der Waals surface area contributed by atoms with Crippen LogP contribution in [0.25, 0.3) is 0 Å². The molecule has 1 aromatic rings. The standard InChI is InChI=1S/C13H12FN3O3S/c14-12-9(2-1-8-5-15-6-8)3-4-10(18)13(12)17-7-11(19)16-21(17)20/h3-4,8,15,18H,5-7H2,(H,16,19). The first kappa shape index (κ1) is 13.9. The number of nitrogens with one attached hydrogen (secondary N) is 2. The molecule has 0 aromatic heterocycles.